The summed E-state index contributed by atoms with van der Waals surface area (Å²) in [6.07, 6.45) is 18.2. The van der Waals surface area contributed by atoms with Crippen molar-refractivity contribution >= 4 is 18.4 Å². The normalized spacial score (nSPS) is 10.4. The molecule has 1 heterocycles. The van der Waals surface area contributed by atoms with Crippen molar-refractivity contribution in [2.45, 2.75) is 84.0 Å². The van der Waals surface area contributed by atoms with E-state index < -0.39 is 0 Å². The number of nitrogen functional groups attached to an aromatic ring is 1. The molecular weight excluding hydrogens is 270 g/mol. The smallest absolute Gasteiger partial charge is 0.197 e. The fourth-order valence-corrected chi connectivity index (χ4v) is 2.48. The van der Waals surface area contributed by atoms with Crippen LogP contribution in [0.5, 0.6) is 0 Å². The Morgan fingerprint density at radius 3 is 1.85 bits per heavy atom. The van der Waals surface area contributed by atoms with E-state index in [1.807, 2.05) is 6.20 Å². The fraction of sp³-hybridized carbons (Fsp3) is 0.812. The first kappa shape index (κ1) is 19.3. The Balaban J connectivity index is 0.00000361. The van der Waals surface area contributed by atoms with Crippen molar-refractivity contribution in [3.63, 3.8) is 0 Å². The SMILES string of the molecule is CCCCCCCCCCCCCc1cnc(N)[nH]1.Cl. The lowest BCUT2D eigenvalue weighted by molar-refractivity contribution is 0.549. The van der Waals surface area contributed by atoms with Crippen LogP contribution in [0.2, 0.25) is 0 Å². The Labute approximate surface area is 130 Å². The van der Waals surface area contributed by atoms with Gasteiger partial charge in [0.2, 0.25) is 0 Å². The average molecular weight is 302 g/mol. The molecule has 0 saturated carbocycles. The van der Waals surface area contributed by atoms with Crippen molar-refractivity contribution in [3.05, 3.63) is 11.9 Å². The molecule has 0 aliphatic rings. The van der Waals surface area contributed by atoms with Gasteiger partial charge in [0.1, 0.15) is 0 Å². The summed E-state index contributed by atoms with van der Waals surface area (Å²) in [5, 5.41) is 0. The molecule has 0 spiro atoms. The topological polar surface area (TPSA) is 54.7 Å². The molecule has 20 heavy (non-hydrogen) atoms. The molecule has 0 atom stereocenters. The van der Waals surface area contributed by atoms with Crippen molar-refractivity contribution in [1.82, 2.24) is 9.97 Å². The maximum atomic E-state index is 5.54. The van der Waals surface area contributed by atoms with Gasteiger partial charge in [0.15, 0.2) is 5.95 Å². The van der Waals surface area contributed by atoms with E-state index in [2.05, 4.69) is 16.9 Å². The summed E-state index contributed by atoms with van der Waals surface area (Å²) in [6, 6.07) is 0. The average Bonchev–Trinajstić information content (AvgIpc) is 2.82. The van der Waals surface area contributed by atoms with Gasteiger partial charge in [-0.1, -0.05) is 71.1 Å². The van der Waals surface area contributed by atoms with E-state index in [0.717, 1.165) is 6.42 Å². The van der Waals surface area contributed by atoms with Gasteiger partial charge >= 0.3 is 0 Å². The molecule has 0 amide bonds. The zero-order valence-corrected chi connectivity index (χ0v) is 13.8. The van der Waals surface area contributed by atoms with Crippen LogP contribution in [0.4, 0.5) is 5.95 Å². The van der Waals surface area contributed by atoms with Crippen LogP contribution in [0.1, 0.15) is 83.2 Å². The number of anilines is 1. The molecule has 3 nitrogen and oxygen atoms in total. The third-order valence-electron chi connectivity index (χ3n) is 3.70. The van der Waals surface area contributed by atoms with Crippen LogP contribution in [0, 0.1) is 0 Å². The molecule has 0 aliphatic heterocycles. The molecule has 1 aromatic rings. The number of H-pyrrole nitrogens is 1. The first-order valence-electron chi connectivity index (χ1n) is 8.12. The van der Waals surface area contributed by atoms with Crippen LogP contribution >= 0.6 is 12.4 Å². The minimum absolute atomic E-state index is 0. The highest BCUT2D eigenvalue weighted by molar-refractivity contribution is 5.85. The summed E-state index contributed by atoms with van der Waals surface area (Å²) in [4.78, 5) is 7.09. The molecule has 0 radical (unpaired) electrons. The van der Waals surface area contributed by atoms with Crippen LogP contribution in [0.25, 0.3) is 0 Å². The zero-order chi connectivity index (χ0) is 13.8. The van der Waals surface area contributed by atoms with Crippen LogP contribution in [0.15, 0.2) is 6.20 Å². The van der Waals surface area contributed by atoms with Crippen LogP contribution in [-0.2, 0) is 6.42 Å². The Morgan fingerprint density at radius 2 is 1.40 bits per heavy atom. The monoisotopic (exact) mass is 301 g/mol. The molecule has 0 fully saturated rings. The standard InChI is InChI=1S/C16H31N3.ClH/c1-2-3-4-5-6-7-8-9-10-11-12-13-15-14-18-16(17)19-15;/h14H,2-13H2,1H3,(H3,17,18,19);1H. The molecule has 1 aromatic heterocycles. The quantitative estimate of drug-likeness (QED) is 0.517. The highest BCUT2D eigenvalue weighted by Crippen LogP contribution is 2.12. The molecule has 4 heteroatoms. The van der Waals surface area contributed by atoms with E-state index in [9.17, 15) is 0 Å². The number of imidazole rings is 1. The number of nitrogens with zero attached hydrogens (tertiary/aromatic N) is 1. The third kappa shape index (κ3) is 10.1. The Hall–Kier alpha value is -0.700. The second-order valence-corrected chi connectivity index (χ2v) is 5.58. The molecule has 0 aliphatic carbocycles. The third-order valence-corrected chi connectivity index (χ3v) is 3.70. The first-order chi connectivity index (χ1) is 9.33. The highest BCUT2D eigenvalue weighted by atomic mass is 35.5. The number of aryl methyl sites for hydroxylation is 1. The van der Waals surface area contributed by atoms with Gasteiger partial charge in [0.05, 0.1) is 6.20 Å². The summed E-state index contributed by atoms with van der Waals surface area (Å²) >= 11 is 0. The van der Waals surface area contributed by atoms with E-state index in [-0.39, 0.29) is 12.4 Å². The summed E-state index contributed by atoms with van der Waals surface area (Å²) < 4.78 is 0. The summed E-state index contributed by atoms with van der Waals surface area (Å²) in [5.41, 5.74) is 6.72. The van der Waals surface area contributed by atoms with Gasteiger partial charge in [0.25, 0.3) is 0 Å². The molecule has 3 N–H and O–H groups in total. The number of halogens is 1. The van der Waals surface area contributed by atoms with Gasteiger partial charge in [-0.15, -0.1) is 12.4 Å². The largest absolute Gasteiger partial charge is 0.369 e. The lowest BCUT2D eigenvalue weighted by atomic mass is 10.0. The van der Waals surface area contributed by atoms with Gasteiger partial charge in [-0.25, -0.2) is 4.98 Å². The van der Waals surface area contributed by atoms with E-state index in [0.29, 0.717) is 5.95 Å². The van der Waals surface area contributed by atoms with Crippen molar-refractivity contribution in [2.75, 3.05) is 5.73 Å². The summed E-state index contributed by atoms with van der Waals surface area (Å²) in [5.74, 6) is 0.540. The second-order valence-electron chi connectivity index (χ2n) is 5.58. The Bertz CT molecular complexity index is 312. The maximum absolute atomic E-state index is 5.54. The van der Waals surface area contributed by atoms with E-state index in [4.69, 9.17) is 5.73 Å². The molecular formula is C16H32ClN3. The van der Waals surface area contributed by atoms with Crippen molar-refractivity contribution in [2.24, 2.45) is 0 Å². The van der Waals surface area contributed by atoms with Gasteiger partial charge in [-0.05, 0) is 12.8 Å². The van der Waals surface area contributed by atoms with Crippen molar-refractivity contribution in [3.8, 4) is 0 Å². The number of nitrogens with one attached hydrogen (secondary N) is 1. The second kappa shape index (κ2) is 13.3. The predicted molar refractivity (Wildman–Crippen MR) is 90.4 cm³/mol. The molecule has 0 unspecified atom stereocenters. The number of rotatable bonds is 12. The molecule has 1 rings (SSSR count). The van der Waals surface area contributed by atoms with Crippen molar-refractivity contribution < 1.29 is 0 Å². The minimum atomic E-state index is 0. The first-order valence-corrected chi connectivity index (χ1v) is 8.12. The minimum Gasteiger partial charge on any atom is -0.369 e. The number of aromatic amines is 1. The van der Waals surface area contributed by atoms with Gasteiger partial charge in [0, 0.05) is 5.69 Å². The van der Waals surface area contributed by atoms with Gasteiger partial charge in [-0.2, -0.15) is 0 Å². The van der Waals surface area contributed by atoms with Gasteiger partial charge < -0.3 is 10.7 Å². The summed E-state index contributed by atoms with van der Waals surface area (Å²) in [6.45, 7) is 2.28. The van der Waals surface area contributed by atoms with Crippen LogP contribution in [-0.4, -0.2) is 9.97 Å². The van der Waals surface area contributed by atoms with Crippen LogP contribution < -0.4 is 5.73 Å². The number of hydrogen-bond acceptors (Lipinski definition) is 2. The Kier molecular flexibility index (Phi) is 12.8. The van der Waals surface area contributed by atoms with E-state index in [1.54, 1.807) is 0 Å². The fourth-order valence-electron chi connectivity index (χ4n) is 2.48. The zero-order valence-electron chi connectivity index (χ0n) is 13.0. The lowest BCUT2D eigenvalue weighted by Crippen LogP contribution is -1.89. The number of hydrogen-bond donors (Lipinski definition) is 2. The molecule has 118 valence electrons. The van der Waals surface area contributed by atoms with Gasteiger partial charge in [-0.3, -0.25) is 0 Å². The molecule has 0 saturated heterocycles. The Morgan fingerprint density at radius 1 is 0.900 bits per heavy atom. The molecule has 0 aromatic carbocycles. The van der Waals surface area contributed by atoms with E-state index in [1.165, 1.54) is 76.3 Å². The van der Waals surface area contributed by atoms with Crippen molar-refractivity contribution in [1.29, 1.82) is 0 Å². The van der Waals surface area contributed by atoms with Crippen LogP contribution in [0.3, 0.4) is 0 Å². The van der Waals surface area contributed by atoms with E-state index >= 15 is 0 Å². The summed E-state index contributed by atoms with van der Waals surface area (Å²) in [7, 11) is 0. The maximum Gasteiger partial charge on any atom is 0.197 e. The predicted octanol–water partition coefficient (Wildman–Crippen LogP) is 5.27. The number of nitrogens with two attached hydrogens (primary N) is 1. The molecule has 0 bridgehead atoms. The lowest BCUT2D eigenvalue weighted by Gasteiger charge is -2.02. The highest BCUT2D eigenvalue weighted by Gasteiger charge is 1.97. The number of aromatic nitrogens is 2. The number of unbranched alkanes of at least 4 members (excludes halogenated alkanes) is 10.